The molecule has 0 aromatic carbocycles. The summed E-state index contributed by atoms with van der Waals surface area (Å²) in [4.78, 5) is 37.2. The molecule has 0 amide bonds. The molecule has 0 bridgehead atoms. The van der Waals surface area contributed by atoms with Gasteiger partial charge in [0.15, 0.2) is 6.10 Å². The monoisotopic (exact) mass is 816 g/mol. The van der Waals surface area contributed by atoms with Crippen molar-refractivity contribution in [1.82, 2.24) is 0 Å². The third-order valence-electron chi connectivity index (χ3n) is 10.3. The molecule has 0 saturated heterocycles. The first-order valence-corrected chi connectivity index (χ1v) is 24.9. The number of ether oxygens (including phenoxy) is 2. The summed E-state index contributed by atoms with van der Waals surface area (Å²) in [5, 5.41) is 0. The number of unbranched alkanes of at least 4 members (excludes halogenated alkanes) is 27. The number of allylic oxidation sites excluding steroid dienone is 2. The van der Waals surface area contributed by atoms with Crippen LogP contribution >= 0.6 is 7.82 Å². The lowest BCUT2D eigenvalue weighted by atomic mass is 10.0. The topological polar surface area (TPSA) is 111 Å². The van der Waals surface area contributed by atoms with Crippen LogP contribution < -0.4 is 4.89 Å². The van der Waals surface area contributed by atoms with Gasteiger partial charge < -0.3 is 27.9 Å². The number of phosphoric acid groups is 1. The second-order valence-electron chi connectivity index (χ2n) is 17.1. The van der Waals surface area contributed by atoms with Gasteiger partial charge in [-0.3, -0.25) is 14.2 Å². The lowest BCUT2D eigenvalue weighted by molar-refractivity contribution is -0.870. The average molecular weight is 816 g/mol. The molecule has 0 radical (unpaired) electrons. The summed E-state index contributed by atoms with van der Waals surface area (Å²) in [5.74, 6) is -0.839. The van der Waals surface area contributed by atoms with Crippen LogP contribution in [0, 0.1) is 0 Å². The van der Waals surface area contributed by atoms with Crippen LogP contribution in [0.3, 0.4) is 0 Å². The van der Waals surface area contributed by atoms with Crippen molar-refractivity contribution < 1.29 is 42.1 Å². The molecule has 0 aromatic rings. The second kappa shape index (κ2) is 39.2. The first-order valence-electron chi connectivity index (χ1n) is 23.4. The van der Waals surface area contributed by atoms with Gasteiger partial charge in [-0.15, -0.1) is 0 Å². The lowest BCUT2D eigenvalue weighted by Crippen LogP contribution is -2.37. The normalized spacial score (nSPS) is 13.6. The van der Waals surface area contributed by atoms with Gasteiger partial charge in [0.05, 0.1) is 27.7 Å². The maximum atomic E-state index is 12.6. The highest BCUT2D eigenvalue weighted by Crippen LogP contribution is 2.38. The molecular weight excluding hydrogens is 725 g/mol. The number of likely N-dealkylation sites (N-methyl/N-ethyl adjacent to an activating group) is 1. The Morgan fingerprint density at radius 3 is 1.32 bits per heavy atom. The van der Waals surface area contributed by atoms with Gasteiger partial charge in [0, 0.05) is 12.8 Å². The molecule has 0 aliphatic carbocycles. The molecular formula is C46H90NO8P. The average Bonchev–Trinajstić information content (AvgIpc) is 3.15. The second-order valence-corrected chi connectivity index (χ2v) is 18.5. The molecule has 2 unspecified atom stereocenters. The highest BCUT2D eigenvalue weighted by molar-refractivity contribution is 7.45. The molecule has 0 N–H and O–H groups in total. The van der Waals surface area contributed by atoms with Gasteiger partial charge in [0.25, 0.3) is 7.82 Å². The van der Waals surface area contributed by atoms with E-state index < -0.39 is 32.5 Å². The molecule has 2 atom stereocenters. The number of hydrogen-bond acceptors (Lipinski definition) is 8. The van der Waals surface area contributed by atoms with Crippen molar-refractivity contribution in [2.45, 2.75) is 225 Å². The van der Waals surface area contributed by atoms with Crippen LogP contribution in [0.1, 0.15) is 219 Å². The zero-order valence-corrected chi connectivity index (χ0v) is 38.2. The smallest absolute Gasteiger partial charge is 0.306 e. The molecule has 56 heavy (non-hydrogen) atoms. The Labute approximate surface area is 346 Å². The maximum Gasteiger partial charge on any atom is 0.306 e. The van der Waals surface area contributed by atoms with Crippen LogP contribution in [0.2, 0.25) is 0 Å². The van der Waals surface area contributed by atoms with E-state index in [1.807, 2.05) is 21.1 Å². The van der Waals surface area contributed by atoms with Gasteiger partial charge in [0.2, 0.25) is 0 Å². The molecule has 9 nitrogen and oxygen atoms in total. The van der Waals surface area contributed by atoms with E-state index in [1.54, 1.807) is 0 Å². The molecule has 0 rings (SSSR count). The Kier molecular flexibility index (Phi) is 38.3. The molecule has 0 aliphatic rings. The van der Waals surface area contributed by atoms with E-state index in [0.29, 0.717) is 17.4 Å². The van der Waals surface area contributed by atoms with E-state index in [-0.39, 0.29) is 26.1 Å². The highest BCUT2D eigenvalue weighted by atomic mass is 31.2. The molecule has 332 valence electrons. The Morgan fingerprint density at radius 2 is 0.911 bits per heavy atom. The van der Waals surface area contributed by atoms with Crippen molar-refractivity contribution in [1.29, 1.82) is 0 Å². The third kappa shape index (κ3) is 42.4. The number of quaternary nitrogens is 1. The summed E-state index contributed by atoms with van der Waals surface area (Å²) in [7, 11) is 1.17. The predicted molar refractivity (Wildman–Crippen MR) is 231 cm³/mol. The molecule has 0 saturated carbocycles. The summed E-state index contributed by atoms with van der Waals surface area (Å²) in [6.07, 6.45) is 41.6. The number of hydrogen-bond donors (Lipinski definition) is 0. The summed E-state index contributed by atoms with van der Waals surface area (Å²) in [6, 6.07) is 0. The minimum absolute atomic E-state index is 0.0278. The fraction of sp³-hybridized carbons (Fsp3) is 0.913. The molecule has 0 aliphatic heterocycles. The minimum atomic E-state index is -4.61. The van der Waals surface area contributed by atoms with Crippen LogP contribution in [0.5, 0.6) is 0 Å². The maximum absolute atomic E-state index is 12.6. The van der Waals surface area contributed by atoms with E-state index >= 15 is 0 Å². The minimum Gasteiger partial charge on any atom is -0.756 e. The van der Waals surface area contributed by atoms with Crippen LogP contribution in [0.4, 0.5) is 0 Å². The van der Waals surface area contributed by atoms with E-state index in [4.69, 9.17) is 18.5 Å². The SMILES string of the molecule is CCCCCCCCCC/C=C\CCCCCCCCCCCCCCCCCC(=O)OC(COC(=O)CCCCCCC)COP(=O)([O-])OCC[N+](C)(C)C. The van der Waals surface area contributed by atoms with Crippen LogP contribution in [-0.4, -0.2) is 70.0 Å². The standard InChI is InChI=1S/C46H90NO8P/c1-6-8-10-12-13-14-15-16-17-18-19-20-21-22-23-24-25-26-27-28-29-30-31-32-33-35-37-39-46(49)55-44(42-52-45(48)38-36-34-11-9-7-2)43-54-56(50,51)53-41-40-47(3,4)5/h18-19,44H,6-17,20-43H2,1-5H3/b19-18-. The number of nitrogens with zero attached hydrogens (tertiary/aromatic N) is 1. The van der Waals surface area contributed by atoms with Crippen LogP contribution in [0.15, 0.2) is 12.2 Å². The molecule has 0 aromatic heterocycles. The van der Waals surface area contributed by atoms with Crippen molar-refractivity contribution in [3.8, 4) is 0 Å². The zero-order valence-electron chi connectivity index (χ0n) is 37.3. The largest absolute Gasteiger partial charge is 0.756 e. The Morgan fingerprint density at radius 1 is 0.536 bits per heavy atom. The predicted octanol–water partition coefficient (Wildman–Crippen LogP) is 12.7. The van der Waals surface area contributed by atoms with Gasteiger partial charge in [-0.05, 0) is 38.5 Å². The molecule has 0 heterocycles. The Balaban J connectivity index is 3.95. The summed E-state index contributed by atoms with van der Waals surface area (Å²) in [6.45, 7) is 4.15. The van der Waals surface area contributed by atoms with Crippen molar-refractivity contribution in [2.75, 3.05) is 47.5 Å². The number of esters is 2. The number of phosphoric ester groups is 1. The number of carbonyl (C=O) groups is 2. The fourth-order valence-electron chi connectivity index (χ4n) is 6.59. The van der Waals surface area contributed by atoms with Crippen LogP contribution in [0.25, 0.3) is 0 Å². The number of rotatable bonds is 43. The summed E-state index contributed by atoms with van der Waals surface area (Å²) in [5.41, 5.74) is 0. The van der Waals surface area contributed by atoms with E-state index in [0.717, 1.165) is 44.9 Å². The lowest BCUT2D eigenvalue weighted by Gasteiger charge is -2.28. The van der Waals surface area contributed by atoms with Crippen molar-refractivity contribution in [3.63, 3.8) is 0 Å². The quantitative estimate of drug-likeness (QED) is 0.0197. The summed E-state index contributed by atoms with van der Waals surface area (Å²) >= 11 is 0. The Bertz CT molecular complexity index is 969. The van der Waals surface area contributed by atoms with Gasteiger partial charge in [0.1, 0.15) is 19.8 Å². The van der Waals surface area contributed by atoms with Gasteiger partial charge in [-0.2, -0.15) is 0 Å². The van der Waals surface area contributed by atoms with E-state index in [1.165, 1.54) is 141 Å². The van der Waals surface area contributed by atoms with Gasteiger partial charge in [-0.1, -0.05) is 180 Å². The first-order chi connectivity index (χ1) is 27.0. The van der Waals surface area contributed by atoms with Crippen molar-refractivity contribution in [3.05, 3.63) is 12.2 Å². The van der Waals surface area contributed by atoms with Crippen molar-refractivity contribution >= 4 is 19.8 Å². The third-order valence-corrected chi connectivity index (χ3v) is 11.2. The van der Waals surface area contributed by atoms with E-state index in [2.05, 4.69) is 26.0 Å². The fourth-order valence-corrected chi connectivity index (χ4v) is 7.32. The van der Waals surface area contributed by atoms with Crippen LogP contribution in [-0.2, 0) is 32.7 Å². The molecule has 10 heteroatoms. The highest BCUT2D eigenvalue weighted by Gasteiger charge is 2.21. The Hall–Kier alpha value is -1.25. The van der Waals surface area contributed by atoms with Crippen molar-refractivity contribution in [2.24, 2.45) is 0 Å². The summed E-state index contributed by atoms with van der Waals surface area (Å²) < 4.78 is 33.7. The van der Waals surface area contributed by atoms with E-state index in [9.17, 15) is 19.0 Å². The molecule has 0 fully saturated rings. The first kappa shape index (κ1) is 54.8. The zero-order chi connectivity index (χ0) is 41.4. The van der Waals surface area contributed by atoms with Gasteiger partial charge >= 0.3 is 11.9 Å². The number of carbonyl (C=O) groups excluding carboxylic acids is 2. The molecule has 0 spiro atoms. The van der Waals surface area contributed by atoms with Gasteiger partial charge in [-0.25, -0.2) is 0 Å².